The Morgan fingerprint density at radius 1 is 1.46 bits per heavy atom. The van der Waals surface area contributed by atoms with Crippen LogP contribution in [0.4, 0.5) is 4.39 Å². The largest absolute Gasteiger partial charge is 0.490 e. The second-order valence-corrected chi connectivity index (χ2v) is 3.42. The molecule has 0 saturated heterocycles. The van der Waals surface area contributed by atoms with Crippen molar-refractivity contribution in [1.82, 2.24) is 0 Å². The van der Waals surface area contributed by atoms with Gasteiger partial charge in [-0.25, -0.2) is 4.39 Å². The van der Waals surface area contributed by atoms with E-state index in [2.05, 4.69) is 15.9 Å². The van der Waals surface area contributed by atoms with E-state index < -0.39 is 0 Å². The van der Waals surface area contributed by atoms with Crippen LogP contribution in [0, 0.1) is 5.82 Å². The maximum absolute atomic E-state index is 13.0. The monoisotopic (exact) mass is 248 g/mol. The molecule has 0 aromatic heterocycles. The number of aliphatic hydroxyl groups is 1. The van der Waals surface area contributed by atoms with E-state index in [1.165, 1.54) is 6.07 Å². The zero-order chi connectivity index (χ0) is 9.68. The van der Waals surface area contributed by atoms with Crippen LogP contribution < -0.4 is 4.74 Å². The van der Waals surface area contributed by atoms with Crippen molar-refractivity contribution in [2.75, 3.05) is 13.2 Å². The second kappa shape index (κ2) is 5.19. The molecule has 0 aliphatic carbocycles. The van der Waals surface area contributed by atoms with E-state index in [4.69, 9.17) is 9.84 Å². The van der Waals surface area contributed by atoms with Crippen LogP contribution in [0.2, 0.25) is 0 Å². The standard InChI is InChI=1S/C9H10BrFO2/c10-7-2-3-8(11)9(6-7)13-5-1-4-12/h2-3,6,12H,1,4-5H2. The highest BCUT2D eigenvalue weighted by Gasteiger charge is 2.02. The molecule has 0 bridgehead atoms. The Labute approximate surface area is 84.5 Å². The number of benzene rings is 1. The summed E-state index contributed by atoms with van der Waals surface area (Å²) in [6.07, 6.45) is 0.506. The molecule has 0 heterocycles. The summed E-state index contributed by atoms with van der Waals surface area (Å²) in [5.74, 6) is -0.177. The van der Waals surface area contributed by atoms with Crippen LogP contribution in [0.3, 0.4) is 0 Å². The SMILES string of the molecule is OCCCOc1cc(Br)ccc1F. The van der Waals surface area contributed by atoms with Gasteiger partial charge in [0.05, 0.1) is 6.61 Å². The van der Waals surface area contributed by atoms with Gasteiger partial charge in [-0.05, 0) is 18.2 Å². The minimum atomic E-state index is -0.388. The molecule has 13 heavy (non-hydrogen) atoms. The normalized spacial score (nSPS) is 10.1. The number of halogens is 2. The second-order valence-electron chi connectivity index (χ2n) is 2.50. The zero-order valence-electron chi connectivity index (χ0n) is 6.96. The number of hydrogen-bond donors (Lipinski definition) is 1. The molecule has 0 unspecified atom stereocenters. The van der Waals surface area contributed by atoms with Gasteiger partial charge in [-0.1, -0.05) is 15.9 Å². The highest BCUT2D eigenvalue weighted by molar-refractivity contribution is 9.10. The fourth-order valence-corrected chi connectivity index (χ4v) is 1.17. The average molecular weight is 249 g/mol. The van der Waals surface area contributed by atoms with Crippen molar-refractivity contribution in [1.29, 1.82) is 0 Å². The van der Waals surface area contributed by atoms with Gasteiger partial charge in [0.1, 0.15) is 0 Å². The molecule has 0 spiro atoms. The topological polar surface area (TPSA) is 29.5 Å². The summed E-state index contributed by atoms with van der Waals surface area (Å²) in [4.78, 5) is 0. The first kappa shape index (κ1) is 10.5. The lowest BCUT2D eigenvalue weighted by atomic mass is 10.3. The molecular weight excluding hydrogens is 239 g/mol. The van der Waals surface area contributed by atoms with Crippen LogP contribution in [0.5, 0.6) is 5.75 Å². The molecule has 0 radical (unpaired) electrons. The van der Waals surface area contributed by atoms with E-state index >= 15 is 0 Å². The Morgan fingerprint density at radius 3 is 2.92 bits per heavy atom. The van der Waals surface area contributed by atoms with Crippen molar-refractivity contribution >= 4 is 15.9 Å². The number of hydrogen-bond acceptors (Lipinski definition) is 2. The van der Waals surface area contributed by atoms with E-state index in [0.717, 1.165) is 4.47 Å². The van der Waals surface area contributed by atoms with E-state index in [1.54, 1.807) is 12.1 Å². The van der Waals surface area contributed by atoms with Crippen molar-refractivity contribution in [2.45, 2.75) is 6.42 Å². The molecule has 0 atom stereocenters. The van der Waals surface area contributed by atoms with Crippen LogP contribution in [0.15, 0.2) is 22.7 Å². The van der Waals surface area contributed by atoms with Crippen molar-refractivity contribution in [3.63, 3.8) is 0 Å². The summed E-state index contributed by atoms with van der Waals surface area (Å²) in [5.41, 5.74) is 0. The van der Waals surface area contributed by atoms with E-state index in [9.17, 15) is 4.39 Å². The summed E-state index contributed by atoms with van der Waals surface area (Å²) in [6, 6.07) is 4.50. The molecular formula is C9H10BrFO2. The first-order chi connectivity index (χ1) is 6.24. The summed E-state index contributed by atoms with van der Waals surface area (Å²) >= 11 is 3.21. The first-order valence-electron chi connectivity index (χ1n) is 3.93. The average Bonchev–Trinajstić information content (AvgIpc) is 2.11. The molecule has 1 rings (SSSR count). The van der Waals surface area contributed by atoms with Crippen molar-refractivity contribution in [3.8, 4) is 5.75 Å². The lowest BCUT2D eigenvalue weighted by molar-refractivity contribution is 0.228. The third-order valence-electron chi connectivity index (χ3n) is 1.45. The Morgan fingerprint density at radius 2 is 2.23 bits per heavy atom. The van der Waals surface area contributed by atoms with Gasteiger partial charge in [0.25, 0.3) is 0 Å². The summed E-state index contributed by atoms with van der Waals surface area (Å²) in [5, 5.41) is 8.49. The summed E-state index contributed by atoms with van der Waals surface area (Å²) in [6.45, 7) is 0.374. The minimum Gasteiger partial charge on any atom is -0.490 e. The molecule has 1 aromatic carbocycles. The molecule has 4 heteroatoms. The molecule has 72 valence electrons. The van der Waals surface area contributed by atoms with Crippen molar-refractivity contribution < 1.29 is 14.2 Å². The van der Waals surface area contributed by atoms with Gasteiger partial charge in [-0.3, -0.25) is 0 Å². The quantitative estimate of drug-likeness (QED) is 0.830. The van der Waals surface area contributed by atoms with Gasteiger partial charge in [-0.2, -0.15) is 0 Å². The van der Waals surface area contributed by atoms with Gasteiger partial charge < -0.3 is 9.84 Å². The van der Waals surface area contributed by atoms with Gasteiger partial charge >= 0.3 is 0 Å². The highest BCUT2D eigenvalue weighted by Crippen LogP contribution is 2.22. The molecule has 0 amide bonds. The summed E-state index contributed by atoms with van der Waals surface area (Å²) in [7, 11) is 0. The van der Waals surface area contributed by atoms with E-state index in [1.807, 2.05) is 0 Å². The third kappa shape index (κ3) is 3.32. The molecule has 1 aromatic rings. The lowest BCUT2D eigenvalue weighted by Gasteiger charge is -2.05. The van der Waals surface area contributed by atoms with E-state index in [-0.39, 0.29) is 18.2 Å². The molecule has 2 nitrogen and oxygen atoms in total. The predicted octanol–water partition coefficient (Wildman–Crippen LogP) is 2.35. The Hall–Kier alpha value is -0.610. The fraction of sp³-hybridized carbons (Fsp3) is 0.333. The Bertz CT molecular complexity index is 278. The van der Waals surface area contributed by atoms with Crippen molar-refractivity contribution in [2.24, 2.45) is 0 Å². The van der Waals surface area contributed by atoms with Gasteiger partial charge in [0, 0.05) is 17.5 Å². The predicted molar refractivity (Wildman–Crippen MR) is 51.3 cm³/mol. The molecule has 0 fully saturated rings. The van der Waals surface area contributed by atoms with E-state index in [0.29, 0.717) is 13.0 Å². The van der Waals surface area contributed by atoms with Crippen LogP contribution in [0.25, 0.3) is 0 Å². The molecule has 0 aliphatic rings. The number of aliphatic hydroxyl groups excluding tert-OH is 1. The molecule has 0 aliphatic heterocycles. The fourth-order valence-electron chi connectivity index (χ4n) is 0.834. The van der Waals surface area contributed by atoms with Crippen LogP contribution in [0.1, 0.15) is 6.42 Å². The van der Waals surface area contributed by atoms with Crippen molar-refractivity contribution in [3.05, 3.63) is 28.5 Å². The zero-order valence-corrected chi connectivity index (χ0v) is 8.55. The first-order valence-corrected chi connectivity index (χ1v) is 4.72. The number of rotatable bonds is 4. The Balaban J connectivity index is 2.59. The van der Waals surface area contributed by atoms with Crippen LogP contribution >= 0.6 is 15.9 Å². The number of ether oxygens (including phenoxy) is 1. The molecule has 1 N–H and O–H groups in total. The van der Waals surface area contributed by atoms with Crippen LogP contribution in [-0.2, 0) is 0 Å². The van der Waals surface area contributed by atoms with Gasteiger partial charge in [0.15, 0.2) is 11.6 Å². The minimum absolute atomic E-state index is 0.0512. The lowest BCUT2D eigenvalue weighted by Crippen LogP contribution is -2.01. The molecule has 0 saturated carbocycles. The highest BCUT2D eigenvalue weighted by atomic mass is 79.9. The van der Waals surface area contributed by atoms with Crippen LogP contribution in [-0.4, -0.2) is 18.3 Å². The maximum Gasteiger partial charge on any atom is 0.165 e. The third-order valence-corrected chi connectivity index (χ3v) is 1.95. The smallest absolute Gasteiger partial charge is 0.165 e. The maximum atomic E-state index is 13.0. The Kier molecular flexibility index (Phi) is 4.18. The summed E-state index contributed by atoms with van der Waals surface area (Å²) < 4.78 is 18.9. The van der Waals surface area contributed by atoms with Gasteiger partial charge in [-0.15, -0.1) is 0 Å². The van der Waals surface area contributed by atoms with Gasteiger partial charge in [0.2, 0.25) is 0 Å².